The largest absolute Gasteiger partial charge is 0.356 e. The number of nitrogens with one attached hydrogen (secondary N) is 1. The predicted molar refractivity (Wildman–Crippen MR) is 77.7 cm³/mol. The minimum atomic E-state index is 0.132. The van der Waals surface area contributed by atoms with Crippen LogP contribution in [0.5, 0.6) is 0 Å². The van der Waals surface area contributed by atoms with Crippen LogP contribution in [0.3, 0.4) is 0 Å². The quantitative estimate of drug-likeness (QED) is 0.805. The highest BCUT2D eigenvalue weighted by molar-refractivity contribution is 5.79. The second-order valence-corrected chi connectivity index (χ2v) is 6.35. The van der Waals surface area contributed by atoms with Gasteiger partial charge in [-0.2, -0.15) is 0 Å². The molecule has 4 nitrogen and oxygen atoms in total. The van der Waals surface area contributed by atoms with Crippen molar-refractivity contribution >= 4 is 5.91 Å². The highest BCUT2D eigenvalue weighted by Crippen LogP contribution is 2.29. The lowest BCUT2D eigenvalue weighted by Crippen LogP contribution is -2.45. The highest BCUT2D eigenvalue weighted by Gasteiger charge is 2.33. The molecule has 1 heterocycles. The zero-order valence-corrected chi connectivity index (χ0v) is 12.4. The number of hydrogen-bond acceptors (Lipinski definition) is 3. The zero-order chi connectivity index (χ0) is 13.8. The van der Waals surface area contributed by atoms with Crippen molar-refractivity contribution in [2.75, 3.05) is 26.2 Å². The molecular formula is C15H29N3O. The molecule has 3 N–H and O–H groups in total. The van der Waals surface area contributed by atoms with Crippen molar-refractivity contribution in [3.05, 3.63) is 0 Å². The van der Waals surface area contributed by atoms with Crippen LogP contribution < -0.4 is 11.1 Å². The Morgan fingerprint density at radius 1 is 1.37 bits per heavy atom. The van der Waals surface area contributed by atoms with Crippen molar-refractivity contribution in [1.29, 1.82) is 0 Å². The maximum atomic E-state index is 12.3. The normalized spacial score (nSPS) is 36.4. The van der Waals surface area contributed by atoms with Gasteiger partial charge in [-0.25, -0.2) is 0 Å². The van der Waals surface area contributed by atoms with E-state index in [-0.39, 0.29) is 17.9 Å². The van der Waals surface area contributed by atoms with E-state index < -0.39 is 0 Å². The first-order valence-electron chi connectivity index (χ1n) is 7.87. The van der Waals surface area contributed by atoms with Gasteiger partial charge in [0.25, 0.3) is 0 Å². The third-order valence-corrected chi connectivity index (χ3v) is 5.08. The lowest BCUT2D eigenvalue weighted by atomic mass is 9.77. The Morgan fingerprint density at radius 3 is 2.84 bits per heavy atom. The molecule has 0 spiro atoms. The minimum Gasteiger partial charge on any atom is -0.356 e. The van der Waals surface area contributed by atoms with Gasteiger partial charge in [-0.05, 0) is 44.2 Å². The molecule has 0 aromatic heterocycles. The number of rotatable bonds is 4. The number of carbonyl (C=O) groups is 1. The highest BCUT2D eigenvalue weighted by atomic mass is 16.1. The van der Waals surface area contributed by atoms with Crippen molar-refractivity contribution in [1.82, 2.24) is 10.2 Å². The van der Waals surface area contributed by atoms with E-state index in [0.717, 1.165) is 38.9 Å². The summed E-state index contributed by atoms with van der Waals surface area (Å²) in [6.07, 6.45) is 4.38. The van der Waals surface area contributed by atoms with Gasteiger partial charge in [0.1, 0.15) is 0 Å². The number of amides is 1. The summed E-state index contributed by atoms with van der Waals surface area (Å²) < 4.78 is 0. The van der Waals surface area contributed by atoms with Crippen molar-refractivity contribution in [3.63, 3.8) is 0 Å². The Balaban J connectivity index is 1.75. The number of nitrogens with two attached hydrogens (primary N) is 1. The van der Waals surface area contributed by atoms with Crippen LogP contribution in [0.4, 0.5) is 0 Å². The van der Waals surface area contributed by atoms with Crippen LogP contribution in [0.15, 0.2) is 0 Å². The van der Waals surface area contributed by atoms with Crippen molar-refractivity contribution in [3.8, 4) is 0 Å². The second-order valence-electron chi connectivity index (χ2n) is 6.35. The summed E-state index contributed by atoms with van der Waals surface area (Å²) in [7, 11) is 0. The molecule has 2 fully saturated rings. The summed E-state index contributed by atoms with van der Waals surface area (Å²) >= 11 is 0. The lowest BCUT2D eigenvalue weighted by Gasteiger charge is -2.33. The van der Waals surface area contributed by atoms with Gasteiger partial charge in [0.2, 0.25) is 5.91 Å². The van der Waals surface area contributed by atoms with Crippen molar-refractivity contribution in [2.24, 2.45) is 23.5 Å². The van der Waals surface area contributed by atoms with Crippen LogP contribution in [0.25, 0.3) is 0 Å². The van der Waals surface area contributed by atoms with E-state index in [0.29, 0.717) is 11.8 Å². The third-order valence-electron chi connectivity index (χ3n) is 5.08. The molecule has 4 heteroatoms. The standard InChI is InChI=1S/C15H29N3O/c1-3-18-8-7-12(10-18)9-17-15(19)13-5-4-6-14(16)11(13)2/h11-14H,3-10,16H2,1-2H3,(H,17,19). The summed E-state index contributed by atoms with van der Waals surface area (Å²) in [5, 5.41) is 3.17. The molecule has 1 aliphatic carbocycles. The fourth-order valence-corrected chi connectivity index (χ4v) is 3.51. The van der Waals surface area contributed by atoms with E-state index in [4.69, 9.17) is 5.73 Å². The van der Waals surface area contributed by atoms with Crippen LogP contribution >= 0.6 is 0 Å². The van der Waals surface area contributed by atoms with Crippen LogP contribution in [-0.2, 0) is 4.79 Å². The fourth-order valence-electron chi connectivity index (χ4n) is 3.51. The molecule has 1 aliphatic heterocycles. The molecule has 0 bridgehead atoms. The molecule has 110 valence electrons. The van der Waals surface area contributed by atoms with Crippen LogP contribution in [0, 0.1) is 17.8 Å². The van der Waals surface area contributed by atoms with E-state index in [2.05, 4.69) is 24.1 Å². The summed E-state index contributed by atoms with van der Waals surface area (Å²) in [4.78, 5) is 14.7. The van der Waals surface area contributed by atoms with Gasteiger partial charge in [0.05, 0.1) is 0 Å². The van der Waals surface area contributed by atoms with Crippen molar-refractivity contribution < 1.29 is 4.79 Å². The first-order valence-corrected chi connectivity index (χ1v) is 7.87. The van der Waals surface area contributed by atoms with E-state index in [1.807, 2.05) is 0 Å². The molecule has 0 aromatic rings. The van der Waals surface area contributed by atoms with Gasteiger partial charge in [-0.3, -0.25) is 4.79 Å². The van der Waals surface area contributed by atoms with Crippen molar-refractivity contribution in [2.45, 2.75) is 45.6 Å². The summed E-state index contributed by atoms with van der Waals surface area (Å²) in [5.74, 6) is 1.32. The average Bonchev–Trinajstić information content (AvgIpc) is 2.87. The van der Waals surface area contributed by atoms with Crippen LogP contribution in [0.2, 0.25) is 0 Å². The molecule has 4 atom stereocenters. The topological polar surface area (TPSA) is 58.4 Å². The molecule has 1 saturated heterocycles. The number of likely N-dealkylation sites (tertiary alicyclic amines) is 1. The molecule has 2 rings (SSSR count). The van der Waals surface area contributed by atoms with Gasteiger partial charge >= 0.3 is 0 Å². The summed E-state index contributed by atoms with van der Waals surface area (Å²) in [6.45, 7) is 8.61. The molecule has 0 radical (unpaired) electrons. The Kier molecular flexibility index (Phi) is 5.22. The Hall–Kier alpha value is -0.610. The molecule has 1 amide bonds. The van der Waals surface area contributed by atoms with E-state index in [1.165, 1.54) is 13.0 Å². The summed E-state index contributed by atoms with van der Waals surface area (Å²) in [5.41, 5.74) is 6.07. The SMILES string of the molecule is CCN1CCC(CNC(=O)C2CCCC(N)C2C)C1. The van der Waals surface area contributed by atoms with Gasteiger partial charge < -0.3 is 16.0 Å². The maximum absolute atomic E-state index is 12.3. The molecule has 19 heavy (non-hydrogen) atoms. The van der Waals surface area contributed by atoms with Gasteiger partial charge in [-0.1, -0.05) is 20.3 Å². The average molecular weight is 267 g/mol. The smallest absolute Gasteiger partial charge is 0.223 e. The third kappa shape index (κ3) is 3.69. The van der Waals surface area contributed by atoms with Gasteiger partial charge in [0, 0.05) is 25.0 Å². The van der Waals surface area contributed by atoms with Crippen LogP contribution in [-0.4, -0.2) is 43.0 Å². The Bertz CT molecular complexity index is 308. The second kappa shape index (κ2) is 6.71. The first-order chi connectivity index (χ1) is 9.11. The first kappa shape index (κ1) is 14.8. The number of nitrogens with zero attached hydrogens (tertiary/aromatic N) is 1. The minimum absolute atomic E-state index is 0.132. The predicted octanol–water partition coefficient (Wildman–Crippen LogP) is 1.21. The van der Waals surface area contributed by atoms with Gasteiger partial charge in [0.15, 0.2) is 0 Å². The Morgan fingerprint density at radius 2 is 2.16 bits per heavy atom. The summed E-state index contributed by atoms with van der Waals surface area (Å²) in [6, 6.07) is 0.201. The number of hydrogen-bond donors (Lipinski definition) is 2. The van der Waals surface area contributed by atoms with E-state index in [9.17, 15) is 4.79 Å². The molecule has 2 aliphatic rings. The Labute approximate surface area is 117 Å². The number of carbonyl (C=O) groups excluding carboxylic acids is 1. The monoisotopic (exact) mass is 267 g/mol. The maximum Gasteiger partial charge on any atom is 0.223 e. The molecular weight excluding hydrogens is 238 g/mol. The molecule has 4 unspecified atom stereocenters. The van der Waals surface area contributed by atoms with Crippen LogP contribution in [0.1, 0.15) is 39.5 Å². The molecule has 1 saturated carbocycles. The lowest BCUT2D eigenvalue weighted by molar-refractivity contribution is -0.128. The molecule has 0 aromatic carbocycles. The van der Waals surface area contributed by atoms with E-state index in [1.54, 1.807) is 0 Å². The van der Waals surface area contributed by atoms with Gasteiger partial charge in [-0.15, -0.1) is 0 Å². The fraction of sp³-hybridized carbons (Fsp3) is 0.933. The zero-order valence-electron chi connectivity index (χ0n) is 12.4. The van der Waals surface area contributed by atoms with E-state index >= 15 is 0 Å².